The molecule has 0 spiro atoms. The Morgan fingerprint density at radius 3 is 2.86 bits per heavy atom. The zero-order valence-electron chi connectivity index (χ0n) is 12.3. The molecule has 1 aliphatic heterocycles. The zero-order chi connectivity index (χ0) is 15.5. The van der Waals surface area contributed by atoms with Gasteiger partial charge in [0.1, 0.15) is 5.69 Å². The van der Waals surface area contributed by atoms with Crippen molar-refractivity contribution in [1.82, 2.24) is 15.5 Å². The van der Waals surface area contributed by atoms with Crippen LogP contribution in [0.3, 0.4) is 0 Å². The Hall–Kier alpha value is -2.63. The standard InChI is InChI=1S/C16H18N4O2/c1-17-16(22)14-13-11(8-7-10-5-3-2-4-6-10)9-12(21)18-15(13)20-19-14/h2-6,11H,7-9H2,1H3,(H,17,22)(H2,18,19,20,21). The van der Waals surface area contributed by atoms with E-state index in [2.05, 4.69) is 33.0 Å². The molecule has 22 heavy (non-hydrogen) atoms. The Labute approximate surface area is 128 Å². The summed E-state index contributed by atoms with van der Waals surface area (Å²) in [4.78, 5) is 23.8. The predicted octanol–water partition coefficient (Wildman–Crippen LogP) is 1.83. The number of aromatic amines is 1. The summed E-state index contributed by atoms with van der Waals surface area (Å²) in [7, 11) is 1.58. The highest BCUT2D eigenvalue weighted by Gasteiger charge is 2.32. The summed E-state index contributed by atoms with van der Waals surface area (Å²) in [6.07, 6.45) is 2.04. The van der Waals surface area contributed by atoms with E-state index in [4.69, 9.17) is 0 Å². The number of nitrogens with zero attached hydrogens (tertiary/aromatic N) is 1. The molecule has 1 unspecified atom stereocenters. The normalized spacial score (nSPS) is 16.8. The number of carbonyl (C=O) groups is 2. The maximum Gasteiger partial charge on any atom is 0.269 e. The van der Waals surface area contributed by atoms with Crippen LogP contribution in [0, 0.1) is 0 Å². The predicted molar refractivity (Wildman–Crippen MR) is 82.7 cm³/mol. The lowest BCUT2D eigenvalue weighted by Gasteiger charge is -2.22. The van der Waals surface area contributed by atoms with Gasteiger partial charge in [-0.2, -0.15) is 5.10 Å². The highest BCUT2D eigenvalue weighted by molar-refractivity contribution is 6.00. The lowest BCUT2D eigenvalue weighted by atomic mass is 9.86. The Morgan fingerprint density at radius 1 is 1.36 bits per heavy atom. The van der Waals surface area contributed by atoms with Crippen LogP contribution in [0.4, 0.5) is 5.82 Å². The van der Waals surface area contributed by atoms with Crippen molar-refractivity contribution in [2.45, 2.75) is 25.2 Å². The lowest BCUT2D eigenvalue weighted by Crippen LogP contribution is -2.26. The molecule has 0 radical (unpaired) electrons. The molecule has 1 aromatic heterocycles. The summed E-state index contributed by atoms with van der Waals surface area (Å²) in [5.74, 6) is 0.207. The number of hydrogen-bond acceptors (Lipinski definition) is 3. The van der Waals surface area contributed by atoms with Crippen molar-refractivity contribution < 1.29 is 9.59 Å². The maximum atomic E-state index is 12.0. The van der Waals surface area contributed by atoms with Crippen LogP contribution < -0.4 is 10.6 Å². The van der Waals surface area contributed by atoms with Gasteiger partial charge in [0.2, 0.25) is 5.91 Å². The van der Waals surface area contributed by atoms with Gasteiger partial charge in [-0.1, -0.05) is 30.3 Å². The molecule has 6 heteroatoms. The Kier molecular flexibility index (Phi) is 3.91. The summed E-state index contributed by atoms with van der Waals surface area (Å²) in [6, 6.07) is 10.1. The molecular formula is C16H18N4O2. The second-order valence-electron chi connectivity index (χ2n) is 5.41. The van der Waals surface area contributed by atoms with Gasteiger partial charge in [-0.15, -0.1) is 0 Å². The second kappa shape index (κ2) is 6.01. The quantitative estimate of drug-likeness (QED) is 0.804. The number of nitrogens with one attached hydrogen (secondary N) is 3. The van der Waals surface area contributed by atoms with Crippen LogP contribution >= 0.6 is 0 Å². The van der Waals surface area contributed by atoms with Gasteiger partial charge in [-0.05, 0) is 24.3 Å². The summed E-state index contributed by atoms with van der Waals surface area (Å²) < 4.78 is 0. The van der Waals surface area contributed by atoms with E-state index in [0.717, 1.165) is 18.4 Å². The van der Waals surface area contributed by atoms with Crippen molar-refractivity contribution in [2.24, 2.45) is 0 Å². The molecule has 1 atom stereocenters. The van der Waals surface area contributed by atoms with E-state index in [0.29, 0.717) is 17.9 Å². The highest BCUT2D eigenvalue weighted by Crippen LogP contribution is 2.36. The lowest BCUT2D eigenvalue weighted by molar-refractivity contribution is -0.116. The summed E-state index contributed by atoms with van der Waals surface area (Å²) >= 11 is 0. The second-order valence-corrected chi connectivity index (χ2v) is 5.41. The summed E-state index contributed by atoms with van der Waals surface area (Å²) in [6.45, 7) is 0. The van der Waals surface area contributed by atoms with Crippen LogP contribution in [0.1, 0.15) is 40.4 Å². The van der Waals surface area contributed by atoms with Crippen LogP contribution in [0.5, 0.6) is 0 Å². The van der Waals surface area contributed by atoms with Gasteiger partial charge in [0.05, 0.1) is 0 Å². The Bertz CT molecular complexity index is 693. The smallest absolute Gasteiger partial charge is 0.269 e. The van der Waals surface area contributed by atoms with E-state index in [-0.39, 0.29) is 17.7 Å². The van der Waals surface area contributed by atoms with Gasteiger partial charge in [0, 0.05) is 19.0 Å². The van der Waals surface area contributed by atoms with Gasteiger partial charge in [-0.25, -0.2) is 0 Å². The van der Waals surface area contributed by atoms with E-state index in [1.807, 2.05) is 18.2 Å². The SMILES string of the molecule is CNC(=O)c1[nH]nc2c1C(CCc1ccccc1)CC(=O)N2. The van der Waals surface area contributed by atoms with E-state index in [1.165, 1.54) is 5.56 Å². The number of hydrogen-bond donors (Lipinski definition) is 3. The monoisotopic (exact) mass is 298 g/mol. The number of amides is 2. The van der Waals surface area contributed by atoms with Gasteiger partial charge in [0.25, 0.3) is 5.91 Å². The van der Waals surface area contributed by atoms with Gasteiger partial charge >= 0.3 is 0 Å². The maximum absolute atomic E-state index is 12.0. The van der Waals surface area contributed by atoms with Crippen molar-refractivity contribution in [1.29, 1.82) is 0 Å². The average Bonchev–Trinajstić information content (AvgIpc) is 2.96. The fourth-order valence-corrected chi connectivity index (χ4v) is 2.88. The first-order chi connectivity index (χ1) is 10.7. The Morgan fingerprint density at radius 2 is 2.14 bits per heavy atom. The molecule has 3 rings (SSSR count). The van der Waals surface area contributed by atoms with E-state index in [9.17, 15) is 9.59 Å². The van der Waals surface area contributed by atoms with Crippen molar-refractivity contribution in [3.05, 3.63) is 47.2 Å². The van der Waals surface area contributed by atoms with Gasteiger partial charge in [0.15, 0.2) is 5.82 Å². The first-order valence-corrected chi connectivity index (χ1v) is 7.33. The first-order valence-electron chi connectivity index (χ1n) is 7.33. The van der Waals surface area contributed by atoms with Crippen molar-refractivity contribution >= 4 is 17.6 Å². The molecular weight excluding hydrogens is 280 g/mol. The minimum absolute atomic E-state index is 0.00462. The van der Waals surface area contributed by atoms with Crippen molar-refractivity contribution in [3.8, 4) is 0 Å². The third-order valence-electron chi connectivity index (χ3n) is 3.98. The number of benzene rings is 1. The molecule has 0 saturated heterocycles. The molecule has 0 aliphatic carbocycles. The largest absolute Gasteiger partial charge is 0.354 e. The Balaban J connectivity index is 1.85. The minimum Gasteiger partial charge on any atom is -0.354 e. The molecule has 0 fully saturated rings. The number of anilines is 1. The number of fused-ring (bicyclic) bond motifs is 1. The van der Waals surface area contributed by atoms with E-state index >= 15 is 0 Å². The average molecular weight is 298 g/mol. The third kappa shape index (κ3) is 2.72. The number of rotatable bonds is 4. The molecule has 2 heterocycles. The molecule has 1 aliphatic rings. The number of aromatic nitrogens is 2. The fraction of sp³-hybridized carbons (Fsp3) is 0.312. The van der Waals surface area contributed by atoms with Crippen LogP contribution in [0.15, 0.2) is 30.3 Å². The van der Waals surface area contributed by atoms with E-state index in [1.54, 1.807) is 7.05 Å². The van der Waals surface area contributed by atoms with Crippen molar-refractivity contribution in [3.63, 3.8) is 0 Å². The minimum atomic E-state index is -0.213. The molecule has 6 nitrogen and oxygen atoms in total. The molecule has 3 N–H and O–H groups in total. The van der Waals surface area contributed by atoms with Gasteiger partial charge < -0.3 is 10.6 Å². The first kappa shape index (κ1) is 14.3. The molecule has 2 amide bonds. The van der Waals surface area contributed by atoms with Crippen LogP contribution in [-0.4, -0.2) is 29.1 Å². The number of H-pyrrole nitrogens is 1. The number of carbonyl (C=O) groups excluding carboxylic acids is 2. The summed E-state index contributed by atoms with van der Waals surface area (Å²) in [5, 5.41) is 12.1. The zero-order valence-corrected chi connectivity index (χ0v) is 12.3. The molecule has 1 aromatic carbocycles. The molecule has 0 saturated carbocycles. The molecule has 2 aromatic rings. The molecule has 114 valence electrons. The van der Waals surface area contributed by atoms with Crippen LogP contribution in [0.2, 0.25) is 0 Å². The number of aryl methyl sites for hydroxylation is 1. The van der Waals surface area contributed by atoms with Crippen molar-refractivity contribution in [2.75, 3.05) is 12.4 Å². The third-order valence-corrected chi connectivity index (χ3v) is 3.98. The summed E-state index contributed by atoms with van der Waals surface area (Å²) in [5.41, 5.74) is 2.48. The topological polar surface area (TPSA) is 86.9 Å². The fourth-order valence-electron chi connectivity index (χ4n) is 2.88. The van der Waals surface area contributed by atoms with Crippen LogP contribution in [-0.2, 0) is 11.2 Å². The highest BCUT2D eigenvalue weighted by atomic mass is 16.2. The van der Waals surface area contributed by atoms with E-state index < -0.39 is 0 Å². The van der Waals surface area contributed by atoms with Gasteiger partial charge in [-0.3, -0.25) is 14.7 Å². The molecule has 0 bridgehead atoms. The van der Waals surface area contributed by atoms with Crippen LogP contribution in [0.25, 0.3) is 0 Å².